The molecule has 0 bridgehead atoms. The summed E-state index contributed by atoms with van der Waals surface area (Å²) in [6, 6.07) is 21.2. The molecule has 168 valence electrons. The summed E-state index contributed by atoms with van der Waals surface area (Å²) in [5, 5.41) is 10.0. The first-order valence-electron chi connectivity index (χ1n) is 10.9. The number of aliphatic imine (C=N–C) groups is 1. The van der Waals surface area contributed by atoms with Crippen LogP contribution in [0.25, 0.3) is 0 Å². The summed E-state index contributed by atoms with van der Waals surface area (Å²) in [6.45, 7) is 1.65. The lowest BCUT2D eigenvalue weighted by atomic mass is 9.93. The standard InChI is InChI=1S/C25H26N6O2/c1-33-20-11-9-19(10-12-20)28-24(32)31-15-13-25(17-31)23(27-16-18-6-3-2-4-7-18)29-22-21(30-25)8-5-14-26-22/h2-12,14,30H,13,15-17H2,1H3,(H,28,32)(H,26,27,29)/t25-/m1/s1. The van der Waals surface area contributed by atoms with Crippen molar-refractivity contribution in [2.75, 3.05) is 36.1 Å². The number of carbonyl (C=O) groups excluding carboxylic acids is 1. The molecule has 0 aliphatic carbocycles. The molecule has 5 rings (SSSR count). The summed E-state index contributed by atoms with van der Waals surface area (Å²) >= 11 is 0. The largest absolute Gasteiger partial charge is 0.497 e. The number of hydrogen-bond donors (Lipinski definition) is 3. The van der Waals surface area contributed by atoms with Crippen molar-refractivity contribution in [1.82, 2.24) is 9.88 Å². The fraction of sp³-hybridized carbons (Fsp3) is 0.240. The highest BCUT2D eigenvalue weighted by molar-refractivity contribution is 6.09. The SMILES string of the molecule is COc1ccc(NC(=O)N2CC[C@]3(C2)Nc2cccnc2NC3=NCc2ccccc2)cc1. The van der Waals surface area contributed by atoms with Crippen LogP contribution in [0.5, 0.6) is 5.75 Å². The Morgan fingerprint density at radius 2 is 1.97 bits per heavy atom. The Morgan fingerprint density at radius 1 is 1.15 bits per heavy atom. The van der Waals surface area contributed by atoms with Gasteiger partial charge in [0.15, 0.2) is 5.82 Å². The molecule has 3 N–H and O–H groups in total. The van der Waals surface area contributed by atoms with Gasteiger partial charge in [-0.3, -0.25) is 4.99 Å². The molecule has 8 nitrogen and oxygen atoms in total. The van der Waals surface area contributed by atoms with Gasteiger partial charge >= 0.3 is 6.03 Å². The molecule has 2 amide bonds. The minimum Gasteiger partial charge on any atom is -0.497 e. The highest BCUT2D eigenvalue weighted by Crippen LogP contribution is 2.35. The summed E-state index contributed by atoms with van der Waals surface area (Å²) in [5.74, 6) is 2.30. The van der Waals surface area contributed by atoms with Crippen molar-refractivity contribution in [3.63, 3.8) is 0 Å². The van der Waals surface area contributed by atoms with Crippen LogP contribution in [-0.2, 0) is 6.54 Å². The van der Waals surface area contributed by atoms with Gasteiger partial charge in [0.1, 0.15) is 17.1 Å². The van der Waals surface area contributed by atoms with Crippen LogP contribution < -0.4 is 20.7 Å². The van der Waals surface area contributed by atoms with Crippen molar-refractivity contribution in [3.8, 4) is 5.75 Å². The Labute approximate surface area is 192 Å². The second-order valence-corrected chi connectivity index (χ2v) is 8.21. The zero-order chi connectivity index (χ0) is 22.7. The first kappa shape index (κ1) is 20.8. The van der Waals surface area contributed by atoms with E-state index < -0.39 is 5.54 Å². The van der Waals surface area contributed by atoms with Gasteiger partial charge in [-0.15, -0.1) is 0 Å². The lowest BCUT2D eigenvalue weighted by Crippen LogP contribution is -2.55. The third-order valence-corrected chi connectivity index (χ3v) is 6.03. The molecular weight excluding hydrogens is 416 g/mol. The Kier molecular flexibility index (Phi) is 5.56. The van der Waals surface area contributed by atoms with Crippen molar-refractivity contribution in [3.05, 3.63) is 78.5 Å². The number of methoxy groups -OCH3 is 1. The fourth-order valence-corrected chi connectivity index (χ4v) is 4.25. The van der Waals surface area contributed by atoms with E-state index in [1.807, 2.05) is 59.5 Å². The number of carbonyl (C=O) groups is 1. The van der Waals surface area contributed by atoms with Gasteiger partial charge in [-0.25, -0.2) is 9.78 Å². The molecule has 0 unspecified atom stereocenters. The fourth-order valence-electron chi connectivity index (χ4n) is 4.25. The number of ether oxygens (including phenoxy) is 1. The summed E-state index contributed by atoms with van der Waals surface area (Å²) in [6.07, 6.45) is 2.49. The summed E-state index contributed by atoms with van der Waals surface area (Å²) in [5.41, 5.74) is 2.26. The van der Waals surface area contributed by atoms with E-state index in [2.05, 4.69) is 33.1 Å². The minimum absolute atomic E-state index is 0.141. The van der Waals surface area contributed by atoms with E-state index in [9.17, 15) is 4.79 Å². The molecule has 3 aromatic rings. The number of amidine groups is 1. The Bertz CT molecular complexity index is 1170. The maximum atomic E-state index is 13.0. The number of urea groups is 1. The molecule has 1 saturated heterocycles. The monoisotopic (exact) mass is 442 g/mol. The molecule has 3 heterocycles. The third-order valence-electron chi connectivity index (χ3n) is 6.03. The number of aromatic nitrogens is 1. The molecule has 2 aromatic carbocycles. The van der Waals surface area contributed by atoms with Gasteiger partial charge in [-0.05, 0) is 48.4 Å². The molecule has 8 heteroatoms. The van der Waals surface area contributed by atoms with E-state index in [0.29, 0.717) is 19.6 Å². The first-order chi connectivity index (χ1) is 16.1. The normalized spacial score (nSPS) is 20.2. The predicted molar refractivity (Wildman–Crippen MR) is 130 cm³/mol. The number of amides is 2. The van der Waals surface area contributed by atoms with E-state index in [1.54, 1.807) is 13.3 Å². The lowest BCUT2D eigenvalue weighted by Gasteiger charge is -2.38. The quantitative estimate of drug-likeness (QED) is 0.563. The maximum absolute atomic E-state index is 13.0. The van der Waals surface area contributed by atoms with Crippen molar-refractivity contribution in [1.29, 1.82) is 0 Å². The predicted octanol–water partition coefficient (Wildman–Crippen LogP) is 4.20. The maximum Gasteiger partial charge on any atom is 0.321 e. The molecule has 33 heavy (non-hydrogen) atoms. The number of hydrogen-bond acceptors (Lipinski definition) is 5. The van der Waals surface area contributed by atoms with Gasteiger partial charge in [0.05, 0.1) is 25.9 Å². The average Bonchev–Trinajstić information content (AvgIpc) is 3.28. The zero-order valence-electron chi connectivity index (χ0n) is 18.4. The van der Waals surface area contributed by atoms with Gasteiger partial charge in [-0.2, -0.15) is 0 Å². The highest BCUT2D eigenvalue weighted by atomic mass is 16.5. The van der Waals surface area contributed by atoms with Crippen molar-refractivity contribution in [2.45, 2.75) is 18.5 Å². The van der Waals surface area contributed by atoms with Crippen LogP contribution in [0.15, 0.2) is 77.9 Å². The molecule has 1 atom stereocenters. The van der Waals surface area contributed by atoms with Crippen molar-refractivity contribution in [2.24, 2.45) is 4.99 Å². The van der Waals surface area contributed by atoms with Gasteiger partial charge in [0.25, 0.3) is 0 Å². The molecule has 2 aliphatic heterocycles. The van der Waals surface area contributed by atoms with Crippen molar-refractivity contribution < 1.29 is 9.53 Å². The van der Waals surface area contributed by atoms with Gasteiger partial charge in [-0.1, -0.05) is 30.3 Å². The molecular formula is C25H26N6O2. The van der Waals surface area contributed by atoms with Crippen LogP contribution >= 0.6 is 0 Å². The molecule has 0 saturated carbocycles. The summed E-state index contributed by atoms with van der Waals surface area (Å²) in [4.78, 5) is 24.2. The van der Waals surface area contributed by atoms with Crippen LogP contribution in [-0.4, -0.2) is 47.5 Å². The summed E-state index contributed by atoms with van der Waals surface area (Å²) < 4.78 is 5.19. The molecule has 0 radical (unpaired) electrons. The number of pyridine rings is 1. The Morgan fingerprint density at radius 3 is 2.76 bits per heavy atom. The molecule has 1 spiro atoms. The van der Waals surface area contributed by atoms with E-state index in [4.69, 9.17) is 9.73 Å². The number of nitrogens with one attached hydrogen (secondary N) is 3. The Hall–Kier alpha value is -4.07. The number of nitrogens with zero attached hydrogens (tertiary/aromatic N) is 3. The Balaban J connectivity index is 1.36. The highest BCUT2D eigenvalue weighted by Gasteiger charge is 2.47. The number of benzene rings is 2. The third kappa shape index (κ3) is 4.32. The van der Waals surface area contributed by atoms with E-state index in [0.717, 1.165) is 40.8 Å². The minimum atomic E-state index is -0.498. The number of fused-ring (bicyclic) bond motifs is 1. The molecule has 1 aromatic heterocycles. The number of likely N-dealkylation sites (tertiary alicyclic amines) is 1. The van der Waals surface area contributed by atoms with Crippen molar-refractivity contribution >= 4 is 29.1 Å². The van der Waals surface area contributed by atoms with Crippen LogP contribution in [0.3, 0.4) is 0 Å². The van der Waals surface area contributed by atoms with Crippen LogP contribution in [0.1, 0.15) is 12.0 Å². The van der Waals surface area contributed by atoms with Crippen LogP contribution in [0.2, 0.25) is 0 Å². The number of rotatable bonds is 4. The second kappa shape index (κ2) is 8.82. The van der Waals surface area contributed by atoms with E-state index in [1.165, 1.54) is 0 Å². The van der Waals surface area contributed by atoms with E-state index >= 15 is 0 Å². The first-order valence-corrected chi connectivity index (χ1v) is 10.9. The molecule has 1 fully saturated rings. The smallest absolute Gasteiger partial charge is 0.321 e. The van der Waals surface area contributed by atoms with Crippen LogP contribution in [0.4, 0.5) is 22.0 Å². The van der Waals surface area contributed by atoms with Gasteiger partial charge in [0.2, 0.25) is 0 Å². The second-order valence-electron chi connectivity index (χ2n) is 8.21. The van der Waals surface area contributed by atoms with Gasteiger partial charge in [0, 0.05) is 18.4 Å². The molecule has 2 aliphatic rings. The number of anilines is 3. The van der Waals surface area contributed by atoms with Crippen LogP contribution in [0, 0.1) is 0 Å². The van der Waals surface area contributed by atoms with E-state index in [-0.39, 0.29) is 6.03 Å². The van der Waals surface area contributed by atoms with Gasteiger partial charge < -0.3 is 25.6 Å². The topological polar surface area (TPSA) is 90.9 Å². The zero-order valence-corrected chi connectivity index (χ0v) is 18.4. The average molecular weight is 443 g/mol. The summed E-state index contributed by atoms with van der Waals surface area (Å²) in [7, 11) is 1.62. The lowest BCUT2D eigenvalue weighted by molar-refractivity contribution is 0.221.